The van der Waals surface area contributed by atoms with Crippen LogP contribution in [0.25, 0.3) is 0 Å². The van der Waals surface area contributed by atoms with Gasteiger partial charge in [-0.3, -0.25) is 4.99 Å². The summed E-state index contributed by atoms with van der Waals surface area (Å²) in [6.45, 7) is 2.75. The lowest BCUT2D eigenvalue weighted by Crippen LogP contribution is -2.36. The molecule has 0 fully saturated rings. The molecule has 0 amide bonds. The summed E-state index contributed by atoms with van der Waals surface area (Å²) in [4.78, 5) is 4.21. The van der Waals surface area contributed by atoms with Crippen molar-refractivity contribution < 1.29 is 18.6 Å². The van der Waals surface area contributed by atoms with Crippen molar-refractivity contribution in [3.8, 4) is 17.2 Å². The maximum atomic E-state index is 13.4. The highest BCUT2D eigenvalue weighted by Gasteiger charge is 2.15. The lowest BCUT2D eigenvalue weighted by Gasteiger charge is -2.17. The SMILES string of the molecule is CN=C(NCc1ccc(F)c(C)c1)NCc1ccc(OC)c(OC)c1OC.I. The van der Waals surface area contributed by atoms with E-state index in [1.807, 2.05) is 18.2 Å². The average molecular weight is 503 g/mol. The van der Waals surface area contributed by atoms with Crippen molar-refractivity contribution in [3.05, 3.63) is 52.8 Å². The van der Waals surface area contributed by atoms with Crippen LogP contribution in [0.5, 0.6) is 17.2 Å². The number of guanidine groups is 1. The molecule has 0 heterocycles. The van der Waals surface area contributed by atoms with E-state index in [0.717, 1.165) is 11.1 Å². The average Bonchev–Trinajstić information content (AvgIpc) is 2.69. The first-order chi connectivity index (χ1) is 13.0. The van der Waals surface area contributed by atoms with Crippen LogP contribution < -0.4 is 24.8 Å². The quantitative estimate of drug-likeness (QED) is 0.343. The number of ether oxygens (including phenoxy) is 3. The van der Waals surface area contributed by atoms with Crippen LogP contribution in [0.3, 0.4) is 0 Å². The smallest absolute Gasteiger partial charge is 0.203 e. The van der Waals surface area contributed by atoms with Crippen molar-refractivity contribution in [1.29, 1.82) is 0 Å². The summed E-state index contributed by atoms with van der Waals surface area (Å²) in [6, 6.07) is 8.77. The Morgan fingerprint density at radius 3 is 2.21 bits per heavy atom. The van der Waals surface area contributed by atoms with Crippen molar-refractivity contribution >= 4 is 29.9 Å². The number of aryl methyl sites for hydroxylation is 1. The molecule has 0 aliphatic heterocycles. The van der Waals surface area contributed by atoms with Gasteiger partial charge < -0.3 is 24.8 Å². The summed E-state index contributed by atoms with van der Waals surface area (Å²) in [6.07, 6.45) is 0. The maximum absolute atomic E-state index is 13.4. The van der Waals surface area contributed by atoms with E-state index in [2.05, 4.69) is 15.6 Å². The Morgan fingerprint density at radius 1 is 0.964 bits per heavy atom. The first-order valence-electron chi connectivity index (χ1n) is 8.51. The second-order valence-electron chi connectivity index (χ2n) is 5.86. The van der Waals surface area contributed by atoms with Gasteiger partial charge in [0.05, 0.1) is 21.3 Å². The molecule has 2 aromatic carbocycles. The molecule has 0 spiro atoms. The van der Waals surface area contributed by atoms with Crippen molar-refractivity contribution in [1.82, 2.24) is 10.6 Å². The van der Waals surface area contributed by atoms with Crippen LogP contribution in [-0.2, 0) is 13.1 Å². The number of rotatable bonds is 7. The maximum Gasteiger partial charge on any atom is 0.203 e. The highest BCUT2D eigenvalue weighted by Crippen LogP contribution is 2.39. The van der Waals surface area contributed by atoms with Gasteiger partial charge in [-0.1, -0.05) is 12.1 Å². The Balaban J connectivity index is 0.00000392. The van der Waals surface area contributed by atoms with Crippen LogP contribution in [0.4, 0.5) is 4.39 Å². The topological polar surface area (TPSA) is 64.1 Å². The molecule has 2 N–H and O–H groups in total. The zero-order valence-electron chi connectivity index (χ0n) is 16.8. The van der Waals surface area contributed by atoms with Crippen molar-refractivity contribution in [3.63, 3.8) is 0 Å². The molecule has 0 radical (unpaired) electrons. The summed E-state index contributed by atoms with van der Waals surface area (Å²) in [5, 5.41) is 6.44. The van der Waals surface area contributed by atoms with E-state index in [1.165, 1.54) is 6.07 Å². The largest absolute Gasteiger partial charge is 0.493 e. The third-order valence-corrected chi connectivity index (χ3v) is 4.14. The van der Waals surface area contributed by atoms with Gasteiger partial charge in [0, 0.05) is 25.7 Å². The molecule has 0 aliphatic carbocycles. The van der Waals surface area contributed by atoms with Gasteiger partial charge in [0.2, 0.25) is 5.75 Å². The molecule has 0 saturated heterocycles. The van der Waals surface area contributed by atoms with Crippen LogP contribution >= 0.6 is 24.0 Å². The van der Waals surface area contributed by atoms with Crippen LogP contribution in [0.15, 0.2) is 35.3 Å². The molecule has 0 bridgehead atoms. The number of nitrogens with one attached hydrogen (secondary N) is 2. The number of benzene rings is 2. The molecular formula is C20H27FIN3O3. The van der Waals surface area contributed by atoms with E-state index in [0.29, 0.717) is 41.9 Å². The second kappa shape index (κ2) is 11.6. The Morgan fingerprint density at radius 2 is 1.64 bits per heavy atom. The van der Waals surface area contributed by atoms with Crippen molar-refractivity contribution in [2.75, 3.05) is 28.4 Å². The summed E-state index contributed by atoms with van der Waals surface area (Å²) in [5.41, 5.74) is 2.49. The second-order valence-corrected chi connectivity index (χ2v) is 5.86. The fourth-order valence-corrected chi connectivity index (χ4v) is 2.70. The third-order valence-electron chi connectivity index (χ3n) is 4.14. The van der Waals surface area contributed by atoms with Gasteiger partial charge in [0.15, 0.2) is 17.5 Å². The minimum atomic E-state index is -0.207. The van der Waals surface area contributed by atoms with Crippen molar-refractivity contribution in [2.24, 2.45) is 4.99 Å². The monoisotopic (exact) mass is 503 g/mol. The molecule has 28 heavy (non-hydrogen) atoms. The van der Waals surface area contributed by atoms with E-state index < -0.39 is 0 Å². The minimum absolute atomic E-state index is 0. The fourth-order valence-electron chi connectivity index (χ4n) is 2.70. The molecule has 154 valence electrons. The van der Waals surface area contributed by atoms with Crippen LogP contribution in [0.2, 0.25) is 0 Å². The number of hydrogen-bond donors (Lipinski definition) is 2. The zero-order valence-corrected chi connectivity index (χ0v) is 19.1. The third kappa shape index (κ3) is 5.88. The van der Waals surface area contributed by atoms with Crippen LogP contribution in [0.1, 0.15) is 16.7 Å². The highest BCUT2D eigenvalue weighted by atomic mass is 127. The predicted molar refractivity (Wildman–Crippen MR) is 120 cm³/mol. The molecule has 0 atom stereocenters. The molecular weight excluding hydrogens is 476 g/mol. The van der Waals surface area contributed by atoms with Gasteiger partial charge in [-0.2, -0.15) is 0 Å². The fraction of sp³-hybridized carbons (Fsp3) is 0.350. The molecule has 2 rings (SSSR count). The molecule has 0 unspecified atom stereocenters. The first kappa shape index (κ1) is 23.8. The Labute approximate surface area is 182 Å². The van der Waals surface area contributed by atoms with Crippen molar-refractivity contribution in [2.45, 2.75) is 20.0 Å². The lowest BCUT2D eigenvalue weighted by molar-refractivity contribution is 0.322. The standard InChI is InChI=1S/C20H26FN3O3.HI/c1-13-10-14(6-8-16(13)21)11-23-20(22-2)24-12-15-7-9-17(25-3)19(27-5)18(15)26-4;/h6-10H,11-12H2,1-5H3,(H2,22,23,24);1H. The van der Waals surface area contributed by atoms with Gasteiger partial charge in [-0.15, -0.1) is 24.0 Å². The molecule has 0 aromatic heterocycles. The Kier molecular flexibility index (Phi) is 9.84. The predicted octanol–water partition coefficient (Wildman–Crippen LogP) is 3.64. The van der Waals surface area contributed by atoms with E-state index in [4.69, 9.17) is 14.2 Å². The zero-order chi connectivity index (χ0) is 19.8. The minimum Gasteiger partial charge on any atom is -0.493 e. The van der Waals surface area contributed by atoms with Gasteiger partial charge in [-0.25, -0.2) is 4.39 Å². The van der Waals surface area contributed by atoms with Crippen LogP contribution in [0, 0.1) is 12.7 Å². The summed E-state index contributed by atoms with van der Waals surface area (Å²) in [5.74, 6) is 2.17. The number of nitrogens with zero attached hydrogens (tertiary/aromatic N) is 1. The molecule has 0 saturated carbocycles. The summed E-state index contributed by atoms with van der Waals surface area (Å²) in [7, 11) is 6.43. The summed E-state index contributed by atoms with van der Waals surface area (Å²) >= 11 is 0. The Bertz CT molecular complexity index is 816. The van der Waals surface area contributed by atoms with Gasteiger partial charge >= 0.3 is 0 Å². The first-order valence-corrected chi connectivity index (χ1v) is 8.51. The number of halogens is 2. The molecule has 0 aliphatic rings. The van der Waals surface area contributed by atoms with E-state index >= 15 is 0 Å². The molecule has 2 aromatic rings. The normalized spacial score (nSPS) is 10.7. The van der Waals surface area contributed by atoms with E-state index in [9.17, 15) is 4.39 Å². The molecule has 8 heteroatoms. The van der Waals surface area contributed by atoms with Gasteiger partial charge in [0.1, 0.15) is 5.82 Å². The van der Waals surface area contributed by atoms with E-state index in [1.54, 1.807) is 41.4 Å². The number of methoxy groups -OCH3 is 3. The molecule has 6 nitrogen and oxygen atoms in total. The summed E-state index contributed by atoms with van der Waals surface area (Å²) < 4.78 is 29.6. The number of hydrogen-bond acceptors (Lipinski definition) is 4. The highest BCUT2D eigenvalue weighted by molar-refractivity contribution is 14.0. The van der Waals surface area contributed by atoms with Gasteiger partial charge in [0.25, 0.3) is 0 Å². The lowest BCUT2D eigenvalue weighted by atomic mass is 10.1. The Hall–Kier alpha value is -2.23. The van der Waals surface area contributed by atoms with Crippen LogP contribution in [-0.4, -0.2) is 34.3 Å². The van der Waals surface area contributed by atoms with E-state index in [-0.39, 0.29) is 29.8 Å². The number of aliphatic imine (C=N–C) groups is 1. The van der Waals surface area contributed by atoms with Gasteiger partial charge in [-0.05, 0) is 36.2 Å².